The van der Waals surface area contributed by atoms with Gasteiger partial charge in [0.15, 0.2) is 0 Å². The van der Waals surface area contributed by atoms with E-state index in [1.165, 1.54) is 11.3 Å². The van der Waals surface area contributed by atoms with Gasteiger partial charge in [0.25, 0.3) is 0 Å². The van der Waals surface area contributed by atoms with Crippen molar-refractivity contribution in [1.82, 2.24) is 4.90 Å². The van der Waals surface area contributed by atoms with E-state index in [-0.39, 0.29) is 6.10 Å². The van der Waals surface area contributed by atoms with Gasteiger partial charge in [0.2, 0.25) is 0 Å². The third-order valence-electron chi connectivity index (χ3n) is 3.03. The molecule has 0 amide bonds. The van der Waals surface area contributed by atoms with Crippen LogP contribution in [0, 0.1) is 5.92 Å². The number of allylic oxidation sites excluding steroid dienone is 5. The molecule has 0 saturated heterocycles. The van der Waals surface area contributed by atoms with Gasteiger partial charge < -0.3 is 9.64 Å². The highest BCUT2D eigenvalue weighted by Crippen LogP contribution is 2.31. The van der Waals surface area contributed by atoms with E-state index in [9.17, 15) is 0 Å². The van der Waals surface area contributed by atoms with E-state index in [2.05, 4.69) is 63.2 Å². The molecule has 0 aromatic carbocycles. The molecule has 2 rings (SSSR count). The normalized spacial score (nSPS) is 23.1. The van der Waals surface area contributed by atoms with E-state index < -0.39 is 0 Å². The quantitative estimate of drug-likeness (QED) is 0.704. The van der Waals surface area contributed by atoms with E-state index in [0.29, 0.717) is 5.92 Å². The molecule has 0 fully saturated rings. The van der Waals surface area contributed by atoms with Gasteiger partial charge in [-0.1, -0.05) is 31.6 Å². The van der Waals surface area contributed by atoms with Crippen molar-refractivity contribution in [3.8, 4) is 0 Å². The first-order valence-electron chi connectivity index (χ1n) is 7.33. The van der Waals surface area contributed by atoms with Crippen LogP contribution in [0.2, 0.25) is 0 Å². The van der Waals surface area contributed by atoms with E-state index in [0.717, 1.165) is 5.76 Å². The third-order valence-corrected chi connectivity index (χ3v) is 3.03. The Morgan fingerprint density at radius 3 is 2.50 bits per heavy atom. The fourth-order valence-corrected chi connectivity index (χ4v) is 2.04. The minimum absolute atomic E-state index is 0.167. The monoisotopic (exact) mass is 273 g/mol. The Morgan fingerprint density at radius 1 is 1.20 bits per heavy atom. The third kappa shape index (κ3) is 4.44. The van der Waals surface area contributed by atoms with Gasteiger partial charge in [0, 0.05) is 25.7 Å². The van der Waals surface area contributed by atoms with Crippen molar-refractivity contribution >= 4 is 0 Å². The summed E-state index contributed by atoms with van der Waals surface area (Å²) in [6.45, 7) is 8.17. The predicted molar refractivity (Wildman–Crippen MR) is 87.3 cm³/mol. The first-order valence-corrected chi connectivity index (χ1v) is 7.33. The lowest BCUT2D eigenvalue weighted by Crippen LogP contribution is -2.20. The lowest BCUT2D eigenvalue weighted by Gasteiger charge is -2.22. The summed E-state index contributed by atoms with van der Waals surface area (Å²) < 4.78 is 5.87. The molecule has 1 aliphatic heterocycles. The Hall–Kier alpha value is -1.70. The summed E-state index contributed by atoms with van der Waals surface area (Å²) in [5.74, 6) is 1.32. The largest absolute Gasteiger partial charge is 0.486 e. The summed E-state index contributed by atoms with van der Waals surface area (Å²) in [6, 6.07) is 0. The van der Waals surface area contributed by atoms with E-state index in [1.807, 2.05) is 26.0 Å². The first-order chi connectivity index (χ1) is 9.56. The van der Waals surface area contributed by atoms with Crippen LogP contribution in [-0.4, -0.2) is 25.1 Å². The Kier molecular flexibility index (Phi) is 6.37. The second-order valence-corrected chi connectivity index (χ2v) is 5.18. The highest BCUT2D eigenvalue weighted by Gasteiger charge is 2.27. The molecule has 0 saturated carbocycles. The molecule has 0 spiro atoms. The Labute approximate surface area is 123 Å². The summed E-state index contributed by atoms with van der Waals surface area (Å²) in [5.41, 5.74) is 2.53. The first kappa shape index (κ1) is 16.4. The molecule has 2 aliphatic rings. The summed E-state index contributed by atoms with van der Waals surface area (Å²) in [5, 5.41) is 0. The maximum Gasteiger partial charge on any atom is 0.127 e. The minimum atomic E-state index is 0.167. The maximum absolute atomic E-state index is 5.87. The fraction of sp³-hybridized carbons (Fsp3) is 0.444. The maximum atomic E-state index is 5.87. The zero-order chi connectivity index (χ0) is 15.1. The average Bonchev–Trinajstić information content (AvgIpc) is 2.82. The van der Waals surface area contributed by atoms with Crippen LogP contribution in [0.1, 0.15) is 27.7 Å². The summed E-state index contributed by atoms with van der Waals surface area (Å²) in [7, 11) is 4.12. The lowest BCUT2D eigenvalue weighted by atomic mass is 9.97. The SMILES string of the molecule is CC.CC(C)=CC=CC1=CC2C=C(N(C)C)C=CC2O1. The highest BCUT2D eigenvalue weighted by atomic mass is 16.5. The molecule has 0 aromatic heterocycles. The van der Waals surface area contributed by atoms with Crippen molar-refractivity contribution < 1.29 is 4.74 Å². The summed E-state index contributed by atoms with van der Waals surface area (Å²) in [6.07, 6.45) is 15.0. The van der Waals surface area contributed by atoms with Gasteiger partial charge in [-0.2, -0.15) is 0 Å². The fourth-order valence-electron chi connectivity index (χ4n) is 2.04. The van der Waals surface area contributed by atoms with Crippen molar-refractivity contribution in [3.63, 3.8) is 0 Å². The van der Waals surface area contributed by atoms with Crippen molar-refractivity contribution in [2.75, 3.05) is 14.1 Å². The Balaban J connectivity index is 0.000000956. The average molecular weight is 273 g/mol. The Morgan fingerprint density at radius 2 is 1.90 bits per heavy atom. The second-order valence-electron chi connectivity index (χ2n) is 5.18. The molecule has 0 aromatic rings. The van der Waals surface area contributed by atoms with Gasteiger partial charge in [-0.15, -0.1) is 0 Å². The van der Waals surface area contributed by atoms with Gasteiger partial charge in [0.1, 0.15) is 11.9 Å². The number of ether oxygens (including phenoxy) is 1. The molecule has 0 N–H and O–H groups in total. The van der Waals surface area contributed by atoms with Crippen LogP contribution >= 0.6 is 0 Å². The van der Waals surface area contributed by atoms with Gasteiger partial charge in [0.05, 0.1) is 0 Å². The summed E-state index contributed by atoms with van der Waals surface area (Å²) in [4.78, 5) is 2.12. The molecular formula is C18H27NO. The molecule has 2 nitrogen and oxygen atoms in total. The van der Waals surface area contributed by atoms with Crippen LogP contribution in [-0.2, 0) is 4.74 Å². The molecule has 0 radical (unpaired) electrons. The molecule has 2 heteroatoms. The zero-order valence-electron chi connectivity index (χ0n) is 13.6. The number of fused-ring (bicyclic) bond motifs is 1. The van der Waals surface area contributed by atoms with Crippen LogP contribution in [0.4, 0.5) is 0 Å². The smallest absolute Gasteiger partial charge is 0.127 e. The van der Waals surface area contributed by atoms with Crippen molar-refractivity contribution in [3.05, 3.63) is 59.6 Å². The molecular weight excluding hydrogens is 246 g/mol. The molecule has 110 valence electrons. The van der Waals surface area contributed by atoms with Gasteiger partial charge in [-0.25, -0.2) is 0 Å². The van der Waals surface area contributed by atoms with Gasteiger partial charge in [-0.3, -0.25) is 0 Å². The molecule has 1 aliphatic carbocycles. The number of rotatable bonds is 3. The van der Waals surface area contributed by atoms with Gasteiger partial charge in [-0.05, 0) is 44.2 Å². The molecule has 20 heavy (non-hydrogen) atoms. The molecule has 2 unspecified atom stereocenters. The van der Waals surface area contributed by atoms with Crippen LogP contribution in [0.3, 0.4) is 0 Å². The van der Waals surface area contributed by atoms with Crippen LogP contribution < -0.4 is 0 Å². The van der Waals surface area contributed by atoms with Crippen LogP contribution in [0.5, 0.6) is 0 Å². The van der Waals surface area contributed by atoms with E-state index in [1.54, 1.807) is 0 Å². The minimum Gasteiger partial charge on any atom is -0.486 e. The van der Waals surface area contributed by atoms with Crippen LogP contribution in [0.25, 0.3) is 0 Å². The number of hydrogen-bond donors (Lipinski definition) is 0. The standard InChI is InChI=1S/C16H21NO.C2H6/c1-12(2)6-5-7-15-11-13-10-14(17(3)4)8-9-16(13)18-15;1-2/h5-11,13,16H,1-4H3;1-2H3. The van der Waals surface area contributed by atoms with Crippen LogP contribution in [0.15, 0.2) is 59.6 Å². The van der Waals surface area contributed by atoms with E-state index >= 15 is 0 Å². The molecule has 2 atom stereocenters. The molecule has 1 heterocycles. The lowest BCUT2D eigenvalue weighted by molar-refractivity contribution is 0.172. The second kappa shape index (κ2) is 7.78. The molecule has 0 bridgehead atoms. The van der Waals surface area contributed by atoms with E-state index in [4.69, 9.17) is 4.74 Å². The van der Waals surface area contributed by atoms with Crippen molar-refractivity contribution in [1.29, 1.82) is 0 Å². The Bertz CT molecular complexity index is 460. The topological polar surface area (TPSA) is 12.5 Å². The van der Waals surface area contributed by atoms with Crippen molar-refractivity contribution in [2.24, 2.45) is 5.92 Å². The van der Waals surface area contributed by atoms with Gasteiger partial charge >= 0.3 is 0 Å². The number of likely N-dealkylation sites (N-methyl/N-ethyl adjacent to an activating group) is 1. The number of nitrogens with zero attached hydrogens (tertiary/aromatic N) is 1. The highest BCUT2D eigenvalue weighted by molar-refractivity contribution is 5.34. The summed E-state index contributed by atoms with van der Waals surface area (Å²) >= 11 is 0. The van der Waals surface area contributed by atoms with Crippen molar-refractivity contribution in [2.45, 2.75) is 33.8 Å². The zero-order valence-corrected chi connectivity index (χ0v) is 13.6. The predicted octanol–water partition coefficient (Wildman–Crippen LogP) is 4.45. The number of hydrogen-bond acceptors (Lipinski definition) is 2.